The van der Waals surface area contributed by atoms with Crippen LogP contribution in [0.25, 0.3) is 0 Å². The Bertz CT molecular complexity index is 662. The number of rotatable bonds is 5. The van der Waals surface area contributed by atoms with Crippen LogP contribution in [-0.2, 0) is 0 Å². The van der Waals surface area contributed by atoms with Gasteiger partial charge < -0.3 is 0 Å². The molecule has 1 heterocycles. The molecule has 0 aliphatic rings. The minimum absolute atomic E-state index is 0.194. The van der Waals surface area contributed by atoms with Gasteiger partial charge in [-0.15, -0.1) is 11.8 Å². The van der Waals surface area contributed by atoms with Crippen LogP contribution in [-0.4, -0.2) is 16.0 Å². The van der Waals surface area contributed by atoms with Gasteiger partial charge in [0.25, 0.3) is 0 Å². The summed E-state index contributed by atoms with van der Waals surface area (Å²) in [6.45, 7) is 4.15. The molecule has 0 amide bonds. The number of hydrogen-bond acceptors (Lipinski definition) is 4. The standard InChI is InChI=1S/C17H16N2OS/c1-12(2)21-16-9-4-3-7-13(16)17(20)14(11-18)15-8-5-6-10-19-15/h3-10,12,14H,1-2H3/t14-/m0/s1. The summed E-state index contributed by atoms with van der Waals surface area (Å²) >= 11 is 1.63. The molecular formula is C17H16N2OS. The van der Waals surface area contributed by atoms with Crippen LogP contribution in [0.5, 0.6) is 0 Å². The molecule has 0 spiro atoms. The predicted molar refractivity (Wildman–Crippen MR) is 84.4 cm³/mol. The Labute approximate surface area is 129 Å². The van der Waals surface area contributed by atoms with Crippen LogP contribution >= 0.6 is 11.8 Å². The van der Waals surface area contributed by atoms with Gasteiger partial charge >= 0.3 is 0 Å². The summed E-state index contributed by atoms with van der Waals surface area (Å²) in [7, 11) is 0. The molecule has 3 nitrogen and oxygen atoms in total. The summed E-state index contributed by atoms with van der Waals surface area (Å²) in [6, 6.07) is 14.8. The zero-order valence-corrected chi connectivity index (χ0v) is 12.8. The molecule has 0 saturated carbocycles. The van der Waals surface area contributed by atoms with Gasteiger partial charge in [-0.1, -0.05) is 38.1 Å². The lowest BCUT2D eigenvalue weighted by Crippen LogP contribution is -2.13. The Kier molecular flexibility index (Phi) is 5.13. The molecule has 0 fully saturated rings. The molecule has 0 unspecified atom stereocenters. The smallest absolute Gasteiger partial charge is 0.187 e. The van der Waals surface area contributed by atoms with E-state index in [9.17, 15) is 10.1 Å². The molecule has 0 bridgehead atoms. The summed E-state index contributed by atoms with van der Waals surface area (Å²) in [6.07, 6.45) is 1.60. The Morgan fingerprint density at radius 2 is 1.90 bits per heavy atom. The topological polar surface area (TPSA) is 53.8 Å². The number of carbonyl (C=O) groups excluding carboxylic acids is 1. The van der Waals surface area contributed by atoms with E-state index in [0.717, 1.165) is 4.90 Å². The first-order valence-electron chi connectivity index (χ1n) is 6.74. The number of benzene rings is 1. The summed E-state index contributed by atoms with van der Waals surface area (Å²) < 4.78 is 0. The zero-order valence-electron chi connectivity index (χ0n) is 12.0. The monoisotopic (exact) mass is 296 g/mol. The quantitative estimate of drug-likeness (QED) is 0.616. The molecule has 1 aromatic carbocycles. The van der Waals surface area contributed by atoms with Crippen LogP contribution < -0.4 is 0 Å². The molecule has 1 atom stereocenters. The van der Waals surface area contributed by atoms with E-state index in [-0.39, 0.29) is 5.78 Å². The van der Waals surface area contributed by atoms with Crippen molar-refractivity contribution in [1.29, 1.82) is 5.26 Å². The lowest BCUT2D eigenvalue weighted by molar-refractivity contribution is 0.0975. The van der Waals surface area contributed by atoms with Crippen LogP contribution in [0.2, 0.25) is 0 Å². The third-order valence-corrected chi connectivity index (χ3v) is 3.97. The fourth-order valence-corrected chi connectivity index (χ4v) is 2.95. The number of hydrogen-bond donors (Lipinski definition) is 0. The molecule has 4 heteroatoms. The van der Waals surface area contributed by atoms with Gasteiger partial charge in [0.1, 0.15) is 0 Å². The average molecular weight is 296 g/mol. The number of Topliss-reactive ketones (excluding diaryl/α,β-unsaturated/α-hetero) is 1. The van der Waals surface area contributed by atoms with Gasteiger partial charge in [-0.2, -0.15) is 5.26 Å². The van der Waals surface area contributed by atoms with E-state index < -0.39 is 5.92 Å². The second-order valence-corrected chi connectivity index (χ2v) is 6.46. The highest BCUT2D eigenvalue weighted by molar-refractivity contribution is 8.00. The highest BCUT2D eigenvalue weighted by Gasteiger charge is 2.25. The van der Waals surface area contributed by atoms with Crippen LogP contribution in [0.15, 0.2) is 53.6 Å². The first-order valence-corrected chi connectivity index (χ1v) is 7.62. The average Bonchev–Trinajstić information content (AvgIpc) is 2.49. The molecular weight excluding hydrogens is 280 g/mol. The second-order valence-electron chi connectivity index (χ2n) is 4.84. The Hall–Kier alpha value is -2.12. The van der Waals surface area contributed by atoms with Crippen LogP contribution in [0, 0.1) is 11.3 Å². The lowest BCUT2D eigenvalue weighted by Gasteiger charge is -2.13. The molecule has 0 aliphatic heterocycles. The third kappa shape index (κ3) is 3.71. The van der Waals surface area contributed by atoms with Crippen molar-refractivity contribution in [2.45, 2.75) is 29.9 Å². The van der Waals surface area contributed by atoms with Crippen molar-refractivity contribution in [2.24, 2.45) is 0 Å². The number of aromatic nitrogens is 1. The SMILES string of the molecule is CC(C)Sc1ccccc1C(=O)[C@@H](C#N)c1ccccn1. The van der Waals surface area contributed by atoms with Crippen molar-refractivity contribution < 1.29 is 4.79 Å². The van der Waals surface area contributed by atoms with E-state index in [1.807, 2.05) is 18.2 Å². The minimum Gasteiger partial charge on any atom is -0.292 e. The van der Waals surface area contributed by atoms with Crippen LogP contribution in [0.4, 0.5) is 0 Å². The van der Waals surface area contributed by atoms with E-state index in [4.69, 9.17) is 0 Å². The molecule has 1 aromatic heterocycles. The van der Waals surface area contributed by atoms with Crippen molar-refractivity contribution in [3.63, 3.8) is 0 Å². The van der Waals surface area contributed by atoms with Crippen molar-refractivity contribution in [1.82, 2.24) is 4.98 Å². The number of nitriles is 1. The predicted octanol–water partition coefficient (Wildman–Crippen LogP) is 4.07. The van der Waals surface area contributed by atoms with Crippen molar-refractivity contribution >= 4 is 17.5 Å². The number of nitrogens with zero attached hydrogens (tertiary/aromatic N) is 2. The second kappa shape index (κ2) is 7.05. The number of thioether (sulfide) groups is 1. The van der Waals surface area contributed by atoms with E-state index >= 15 is 0 Å². The zero-order chi connectivity index (χ0) is 15.2. The maximum atomic E-state index is 12.7. The van der Waals surface area contributed by atoms with Gasteiger partial charge in [0, 0.05) is 21.9 Å². The largest absolute Gasteiger partial charge is 0.292 e. The summed E-state index contributed by atoms with van der Waals surface area (Å²) in [4.78, 5) is 17.8. The van der Waals surface area contributed by atoms with E-state index in [2.05, 4.69) is 24.9 Å². The highest BCUT2D eigenvalue weighted by atomic mass is 32.2. The van der Waals surface area contributed by atoms with Crippen LogP contribution in [0.3, 0.4) is 0 Å². The summed E-state index contributed by atoms with van der Waals surface area (Å²) in [5.74, 6) is -1.06. The number of ketones is 1. The van der Waals surface area contributed by atoms with Crippen molar-refractivity contribution in [3.05, 3.63) is 59.9 Å². The van der Waals surface area contributed by atoms with Gasteiger partial charge in [-0.05, 0) is 18.2 Å². The van der Waals surface area contributed by atoms with Gasteiger partial charge in [0.15, 0.2) is 11.7 Å². The van der Waals surface area contributed by atoms with E-state index in [1.54, 1.807) is 42.2 Å². The highest BCUT2D eigenvalue weighted by Crippen LogP contribution is 2.29. The summed E-state index contributed by atoms with van der Waals surface area (Å²) in [5, 5.41) is 9.74. The Morgan fingerprint density at radius 3 is 2.52 bits per heavy atom. The lowest BCUT2D eigenvalue weighted by atomic mass is 9.95. The molecule has 2 aromatic rings. The van der Waals surface area contributed by atoms with Crippen LogP contribution in [0.1, 0.15) is 35.8 Å². The Balaban J connectivity index is 2.37. The van der Waals surface area contributed by atoms with Gasteiger partial charge in [-0.25, -0.2) is 0 Å². The minimum atomic E-state index is -0.861. The van der Waals surface area contributed by atoms with Crippen molar-refractivity contribution in [2.75, 3.05) is 0 Å². The first-order chi connectivity index (χ1) is 10.1. The fraction of sp³-hybridized carbons (Fsp3) is 0.235. The third-order valence-electron chi connectivity index (χ3n) is 2.89. The fourth-order valence-electron chi connectivity index (χ4n) is 1.99. The maximum Gasteiger partial charge on any atom is 0.187 e. The maximum absolute atomic E-state index is 12.7. The normalized spacial score (nSPS) is 11.9. The van der Waals surface area contributed by atoms with Gasteiger partial charge in [0.05, 0.1) is 11.8 Å². The number of pyridine rings is 1. The number of carbonyl (C=O) groups is 1. The molecule has 0 N–H and O–H groups in total. The molecule has 21 heavy (non-hydrogen) atoms. The van der Waals surface area contributed by atoms with Gasteiger partial charge in [-0.3, -0.25) is 9.78 Å². The Morgan fingerprint density at radius 1 is 1.19 bits per heavy atom. The van der Waals surface area contributed by atoms with E-state index in [1.165, 1.54) is 0 Å². The molecule has 0 saturated heterocycles. The molecule has 2 rings (SSSR count). The van der Waals surface area contributed by atoms with Crippen molar-refractivity contribution in [3.8, 4) is 6.07 Å². The van der Waals surface area contributed by atoms with Gasteiger partial charge in [0.2, 0.25) is 0 Å². The first kappa shape index (κ1) is 15.3. The molecule has 0 aliphatic carbocycles. The summed E-state index contributed by atoms with van der Waals surface area (Å²) in [5.41, 5.74) is 1.09. The molecule has 106 valence electrons. The van der Waals surface area contributed by atoms with E-state index in [0.29, 0.717) is 16.5 Å². The molecule has 0 radical (unpaired) electrons.